The molecule has 0 bridgehead atoms. The van der Waals surface area contributed by atoms with E-state index >= 15 is 0 Å². The van der Waals surface area contributed by atoms with Gasteiger partial charge in [0.25, 0.3) is 0 Å². The number of allylic oxidation sites excluding steroid dienone is 3. The highest BCUT2D eigenvalue weighted by atomic mass is 16.6. The van der Waals surface area contributed by atoms with Crippen LogP contribution in [0.15, 0.2) is 42.3 Å². The Morgan fingerprint density at radius 2 is 1.94 bits per heavy atom. The van der Waals surface area contributed by atoms with Crippen molar-refractivity contribution in [2.45, 2.75) is 84.8 Å². The Morgan fingerprint density at radius 1 is 1.12 bits per heavy atom. The molecule has 0 aliphatic heterocycles. The van der Waals surface area contributed by atoms with Crippen molar-refractivity contribution in [3.8, 4) is 0 Å². The number of amides is 1. The molecular formula is C28H38N2O2. The maximum Gasteiger partial charge on any atom is 0.407 e. The number of hydrogen-bond donors (Lipinski definition) is 1. The number of nitrogens with zero attached hydrogens (tertiary/aromatic N) is 1. The summed E-state index contributed by atoms with van der Waals surface area (Å²) in [6, 6.07) is 4.41. The predicted molar refractivity (Wildman–Crippen MR) is 128 cm³/mol. The smallest absolute Gasteiger partial charge is 0.407 e. The Labute approximate surface area is 192 Å². The number of rotatable bonds is 3. The summed E-state index contributed by atoms with van der Waals surface area (Å²) in [6.07, 6.45) is 16.7. The van der Waals surface area contributed by atoms with Crippen LogP contribution in [-0.2, 0) is 4.74 Å². The van der Waals surface area contributed by atoms with Gasteiger partial charge in [0.05, 0.1) is 0 Å². The third-order valence-electron chi connectivity index (χ3n) is 9.29. The third-order valence-corrected chi connectivity index (χ3v) is 9.29. The Balaban J connectivity index is 1.33. The van der Waals surface area contributed by atoms with Crippen molar-refractivity contribution >= 4 is 11.7 Å². The lowest BCUT2D eigenvalue weighted by Crippen LogP contribution is -2.50. The van der Waals surface area contributed by atoms with Gasteiger partial charge in [-0.15, -0.1) is 0 Å². The largest absolute Gasteiger partial charge is 0.446 e. The Morgan fingerprint density at radius 3 is 2.69 bits per heavy atom. The van der Waals surface area contributed by atoms with E-state index in [0.717, 1.165) is 37.0 Å². The van der Waals surface area contributed by atoms with E-state index in [-0.39, 0.29) is 29.1 Å². The molecule has 4 heteroatoms. The van der Waals surface area contributed by atoms with Gasteiger partial charge in [0.15, 0.2) is 0 Å². The van der Waals surface area contributed by atoms with E-state index in [2.05, 4.69) is 48.4 Å². The van der Waals surface area contributed by atoms with Gasteiger partial charge in [-0.05, 0) is 98.2 Å². The average molecular weight is 435 g/mol. The summed E-state index contributed by atoms with van der Waals surface area (Å²) in [5, 5.41) is 2.87. The molecule has 1 heterocycles. The first-order valence-corrected chi connectivity index (χ1v) is 12.6. The van der Waals surface area contributed by atoms with Crippen molar-refractivity contribution in [3.63, 3.8) is 0 Å². The maximum atomic E-state index is 12.1. The van der Waals surface area contributed by atoms with Crippen LogP contribution in [-0.4, -0.2) is 23.2 Å². The van der Waals surface area contributed by atoms with Crippen LogP contribution >= 0.6 is 0 Å². The highest BCUT2D eigenvalue weighted by Crippen LogP contribution is 2.66. The van der Waals surface area contributed by atoms with Gasteiger partial charge < -0.3 is 10.1 Å². The van der Waals surface area contributed by atoms with Crippen LogP contribution in [0.25, 0.3) is 5.57 Å². The summed E-state index contributed by atoms with van der Waals surface area (Å²) in [5.41, 5.74) is 4.92. The molecule has 2 saturated carbocycles. The molecule has 4 aliphatic carbocycles. The zero-order chi connectivity index (χ0) is 22.5. The normalized spacial score (nSPS) is 38.2. The first-order chi connectivity index (χ1) is 15.3. The van der Waals surface area contributed by atoms with Gasteiger partial charge in [-0.3, -0.25) is 4.98 Å². The summed E-state index contributed by atoms with van der Waals surface area (Å²) in [6.45, 7) is 8.96. The van der Waals surface area contributed by atoms with Crippen LogP contribution in [0.3, 0.4) is 0 Å². The van der Waals surface area contributed by atoms with Gasteiger partial charge in [0.2, 0.25) is 0 Å². The second-order valence-corrected chi connectivity index (χ2v) is 11.4. The molecule has 6 atom stereocenters. The summed E-state index contributed by atoms with van der Waals surface area (Å²) in [7, 11) is 0. The molecule has 0 unspecified atom stereocenters. The molecule has 1 amide bonds. The molecule has 172 valence electrons. The fourth-order valence-corrected chi connectivity index (χ4v) is 7.69. The molecule has 2 fully saturated rings. The molecule has 0 aromatic carbocycles. The molecule has 32 heavy (non-hydrogen) atoms. The number of carbonyl (C=O) groups is 1. The Bertz CT molecular complexity index is 936. The fourth-order valence-electron chi connectivity index (χ4n) is 7.69. The number of ether oxygens (including phenoxy) is 1. The van der Waals surface area contributed by atoms with Gasteiger partial charge in [-0.2, -0.15) is 0 Å². The predicted octanol–water partition coefficient (Wildman–Crippen LogP) is 6.54. The minimum absolute atomic E-state index is 0.0174. The molecule has 0 radical (unpaired) electrons. The number of fused-ring (bicyclic) bond motifs is 5. The number of carbonyl (C=O) groups excluding carboxylic acids is 1. The lowest BCUT2D eigenvalue weighted by Gasteiger charge is -2.57. The van der Waals surface area contributed by atoms with Crippen molar-refractivity contribution in [1.29, 1.82) is 0 Å². The molecule has 4 nitrogen and oxygen atoms in total. The molecule has 0 saturated heterocycles. The van der Waals surface area contributed by atoms with E-state index in [1.54, 1.807) is 5.57 Å². The lowest BCUT2D eigenvalue weighted by molar-refractivity contribution is -0.0263. The first kappa shape index (κ1) is 21.7. The van der Waals surface area contributed by atoms with E-state index in [1.807, 2.05) is 26.2 Å². The lowest BCUT2D eigenvalue weighted by atomic mass is 9.47. The molecule has 5 rings (SSSR count). The van der Waals surface area contributed by atoms with Gasteiger partial charge in [0.1, 0.15) is 6.10 Å². The summed E-state index contributed by atoms with van der Waals surface area (Å²) < 4.78 is 5.78. The number of nitrogens with one attached hydrogen (secondary N) is 1. The zero-order valence-electron chi connectivity index (χ0n) is 20.1. The first-order valence-electron chi connectivity index (χ1n) is 12.6. The van der Waals surface area contributed by atoms with E-state index in [1.165, 1.54) is 36.8 Å². The second-order valence-electron chi connectivity index (χ2n) is 11.4. The number of pyridine rings is 1. The Hall–Kier alpha value is -2.10. The monoisotopic (exact) mass is 434 g/mol. The van der Waals surface area contributed by atoms with Crippen LogP contribution in [0.4, 0.5) is 4.79 Å². The van der Waals surface area contributed by atoms with E-state index in [0.29, 0.717) is 0 Å². The molecule has 4 aliphatic rings. The van der Waals surface area contributed by atoms with Crippen molar-refractivity contribution in [2.75, 3.05) is 0 Å². The van der Waals surface area contributed by atoms with Crippen molar-refractivity contribution in [3.05, 3.63) is 47.8 Å². The van der Waals surface area contributed by atoms with Crippen LogP contribution in [0.1, 0.15) is 78.2 Å². The third kappa shape index (κ3) is 3.50. The SMILES string of the molecule is CC(C)NC(=O)O[C@H]1CC[C@@]2(C)C(=CC[C@@H]3[C@@H]2CC[C@]2(C)C(c4cccnc4)=CC[C@@H]32)C1. The molecule has 1 aromatic heterocycles. The quantitative estimate of drug-likeness (QED) is 0.550. The van der Waals surface area contributed by atoms with Gasteiger partial charge >= 0.3 is 6.09 Å². The minimum Gasteiger partial charge on any atom is -0.446 e. The van der Waals surface area contributed by atoms with E-state index < -0.39 is 0 Å². The minimum atomic E-state index is -0.267. The fraction of sp³-hybridized carbons (Fsp3) is 0.643. The van der Waals surface area contributed by atoms with Crippen LogP contribution < -0.4 is 5.32 Å². The van der Waals surface area contributed by atoms with Crippen LogP contribution in [0.5, 0.6) is 0 Å². The van der Waals surface area contributed by atoms with Gasteiger partial charge in [-0.1, -0.05) is 37.6 Å². The zero-order valence-corrected chi connectivity index (χ0v) is 20.1. The number of hydrogen-bond acceptors (Lipinski definition) is 3. The summed E-state index contributed by atoms with van der Waals surface area (Å²) in [4.78, 5) is 16.5. The summed E-state index contributed by atoms with van der Waals surface area (Å²) >= 11 is 0. The van der Waals surface area contributed by atoms with Crippen molar-refractivity contribution < 1.29 is 9.53 Å². The molecule has 1 aromatic rings. The van der Waals surface area contributed by atoms with E-state index in [9.17, 15) is 4.79 Å². The number of alkyl carbamates (subject to hydrolysis) is 1. The number of aromatic nitrogens is 1. The summed E-state index contributed by atoms with van der Waals surface area (Å²) in [5.74, 6) is 2.21. The maximum absolute atomic E-state index is 12.1. The molecular weight excluding hydrogens is 396 g/mol. The van der Waals surface area contributed by atoms with Crippen LogP contribution in [0, 0.1) is 28.6 Å². The topological polar surface area (TPSA) is 51.2 Å². The standard InChI is InChI=1S/C28H38N2O2/c1-18(2)30-26(31)32-21-11-13-27(3)20(16-21)7-8-22-24-10-9-23(19-6-5-15-29-17-19)28(24,4)14-12-25(22)27/h5-7,9,15,17-18,21-22,24-25H,8,10-14,16H2,1-4H3,(H,30,31)/t21-,22-,24-,25-,27-,28+/m0/s1. The molecule has 0 spiro atoms. The van der Waals surface area contributed by atoms with E-state index in [4.69, 9.17) is 4.74 Å². The Kier molecular flexibility index (Phi) is 5.46. The second kappa shape index (κ2) is 8.04. The van der Waals surface area contributed by atoms with Gasteiger partial charge in [-0.25, -0.2) is 4.79 Å². The molecule has 1 N–H and O–H groups in total. The highest BCUT2D eigenvalue weighted by molar-refractivity contribution is 5.72. The van der Waals surface area contributed by atoms with Crippen LogP contribution in [0.2, 0.25) is 0 Å². The average Bonchev–Trinajstić information content (AvgIpc) is 3.11. The highest BCUT2D eigenvalue weighted by Gasteiger charge is 2.57. The van der Waals surface area contributed by atoms with Gasteiger partial charge in [0, 0.05) is 24.9 Å². The van der Waals surface area contributed by atoms with Crippen molar-refractivity contribution in [2.24, 2.45) is 28.6 Å². The van der Waals surface area contributed by atoms with Crippen molar-refractivity contribution in [1.82, 2.24) is 10.3 Å².